The van der Waals surface area contributed by atoms with Crippen LogP contribution in [-0.4, -0.2) is 13.2 Å². The van der Waals surface area contributed by atoms with Crippen molar-refractivity contribution in [2.45, 2.75) is 18.9 Å². The van der Waals surface area contributed by atoms with Crippen molar-refractivity contribution in [2.75, 3.05) is 7.11 Å². The van der Waals surface area contributed by atoms with Gasteiger partial charge in [0.1, 0.15) is 5.75 Å². The van der Waals surface area contributed by atoms with E-state index in [2.05, 4.69) is 12.6 Å². The summed E-state index contributed by atoms with van der Waals surface area (Å²) in [6.45, 7) is 3.67. The maximum atomic E-state index is 5.90. The zero-order valence-electron chi connectivity index (χ0n) is 8.57. The number of hydrogen-bond donors (Lipinski definition) is 1. The minimum Gasteiger partial charge on any atom is -0.497 e. The van der Waals surface area contributed by atoms with Crippen LogP contribution in [0.15, 0.2) is 36.9 Å². The molecule has 1 unspecified atom stereocenters. The summed E-state index contributed by atoms with van der Waals surface area (Å²) in [5, 5.41) is 0. The third-order valence-electron chi connectivity index (χ3n) is 2.10. The molecule has 0 saturated carbocycles. The van der Waals surface area contributed by atoms with Gasteiger partial charge in [-0.15, -0.1) is 6.58 Å². The van der Waals surface area contributed by atoms with Gasteiger partial charge in [0, 0.05) is 6.04 Å². The molecule has 2 nitrogen and oxygen atoms in total. The molecule has 0 fully saturated rings. The molecule has 0 amide bonds. The lowest BCUT2D eigenvalue weighted by Gasteiger charge is -2.09. The van der Waals surface area contributed by atoms with E-state index in [0.717, 1.165) is 18.6 Å². The molecular weight excluding hydrogens is 174 g/mol. The lowest BCUT2D eigenvalue weighted by atomic mass is 10.0. The van der Waals surface area contributed by atoms with Crippen molar-refractivity contribution in [1.29, 1.82) is 0 Å². The number of nitrogens with two attached hydrogens (primary N) is 1. The zero-order valence-corrected chi connectivity index (χ0v) is 8.57. The molecule has 1 atom stereocenters. The van der Waals surface area contributed by atoms with Crippen LogP contribution in [0.1, 0.15) is 12.0 Å². The van der Waals surface area contributed by atoms with Gasteiger partial charge in [0.05, 0.1) is 7.11 Å². The van der Waals surface area contributed by atoms with Crippen molar-refractivity contribution in [2.24, 2.45) is 5.73 Å². The predicted molar refractivity (Wildman–Crippen MR) is 59.5 cm³/mol. The monoisotopic (exact) mass is 191 g/mol. The number of rotatable bonds is 5. The second-order valence-electron chi connectivity index (χ2n) is 3.34. The molecule has 0 aliphatic rings. The fourth-order valence-corrected chi connectivity index (χ4v) is 1.40. The van der Waals surface area contributed by atoms with Gasteiger partial charge in [-0.05, 0) is 30.5 Å². The molecule has 14 heavy (non-hydrogen) atoms. The van der Waals surface area contributed by atoms with Crippen LogP contribution in [-0.2, 0) is 6.42 Å². The van der Waals surface area contributed by atoms with Crippen LogP contribution in [0.4, 0.5) is 0 Å². The van der Waals surface area contributed by atoms with E-state index in [0.29, 0.717) is 0 Å². The first-order valence-electron chi connectivity index (χ1n) is 4.75. The van der Waals surface area contributed by atoms with Crippen LogP contribution in [0, 0.1) is 0 Å². The molecule has 0 bridgehead atoms. The first-order valence-corrected chi connectivity index (χ1v) is 4.75. The van der Waals surface area contributed by atoms with Gasteiger partial charge in [0.25, 0.3) is 0 Å². The summed E-state index contributed by atoms with van der Waals surface area (Å²) >= 11 is 0. The molecule has 1 aromatic rings. The topological polar surface area (TPSA) is 35.2 Å². The summed E-state index contributed by atoms with van der Waals surface area (Å²) < 4.78 is 5.14. The summed E-state index contributed by atoms with van der Waals surface area (Å²) in [4.78, 5) is 0. The maximum Gasteiger partial charge on any atom is 0.119 e. The minimum absolute atomic E-state index is 0.152. The van der Waals surface area contributed by atoms with E-state index in [1.54, 1.807) is 7.11 Å². The number of hydrogen-bond acceptors (Lipinski definition) is 2. The highest BCUT2D eigenvalue weighted by atomic mass is 16.5. The fraction of sp³-hybridized carbons (Fsp3) is 0.333. The van der Waals surface area contributed by atoms with Crippen molar-refractivity contribution < 1.29 is 4.74 Å². The van der Waals surface area contributed by atoms with Crippen LogP contribution in [0.25, 0.3) is 0 Å². The molecule has 0 radical (unpaired) electrons. The van der Waals surface area contributed by atoms with Crippen molar-refractivity contribution in [3.63, 3.8) is 0 Å². The summed E-state index contributed by atoms with van der Waals surface area (Å²) in [5.74, 6) is 0.883. The molecule has 1 aromatic carbocycles. The lowest BCUT2D eigenvalue weighted by Crippen LogP contribution is -2.21. The number of ether oxygens (including phenoxy) is 1. The Balaban J connectivity index is 2.61. The summed E-state index contributed by atoms with van der Waals surface area (Å²) in [6.07, 6.45) is 3.56. The summed E-state index contributed by atoms with van der Waals surface area (Å²) in [5.41, 5.74) is 7.10. The first kappa shape index (κ1) is 10.8. The van der Waals surface area contributed by atoms with Gasteiger partial charge >= 0.3 is 0 Å². The van der Waals surface area contributed by atoms with Crippen molar-refractivity contribution >= 4 is 0 Å². The minimum atomic E-state index is 0.152. The van der Waals surface area contributed by atoms with Crippen molar-refractivity contribution in [3.05, 3.63) is 42.5 Å². The standard InChI is InChI=1S/C12H17NO/c1-3-5-11(13)8-10-6-4-7-12(9-10)14-2/h3-4,6-7,9,11H,1,5,8,13H2,2H3. The Bertz CT molecular complexity index is 296. The molecule has 1 rings (SSSR count). The van der Waals surface area contributed by atoms with Crippen LogP contribution in [0.5, 0.6) is 5.75 Å². The first-order chi connectivity index (χ1) is 6.76. The largest absolute Gasteiger partial charge is 0.497 e. The van der Waals surface area contributed by atoms with Gasteiger partial charge in [0.15, 0.2) is 0 Å². The molecule has 76 valence electrons. The van der Waals surface area contributed by atoms with Gasteiger partial charge in [-0.25, -0.2) is 0 Å². The van der Waals surface area contributed by atoms with Gasteiger partial charge in [-0.1, -0.05) is 18.2 Å². The van der Waals surface area contributed by atoms with Gasteiger partial charge in [-0.2, -0.15) is 0 Å². The van der Waals surface area contributed by atoms with E-state index in [9.17, 15) is 0 Å². The van der Waals surface area contributed by atoms with Crippen LogP contribution < -0.4 is 10.5 Å². The highest BCUT2D eigenvalue weighted by Gasteiger charge is 2.02. The Kier molecular flexibility index (Phi) is 4.20. The van der Waals surface area contributed by atoms with Crippen LogP contribution >= 0.6 is 0 Å². The Morgan fingerprint density at radius 1 is 1.57 bits per heavy atom. The highest BCUT2D eigenvalue weighted by molar-refractivity contribution is 5.28. The Labute approximate surface area is 85.4 Å². The normalized spacial score (nSPS) is 12.1. The summed E-state index contributed by atoms with van der Waals surface area (Å²) in [6, 6.07) is 8.14. The molecule has 0 saturated heterocycles. The molecule has 0 spiro atoms. The summed E-state index contributed by atoms with van der Waals surface area (Å²) in [7, 11) is 1.67. The average Bonchev–Trinajstić information content (AvgIpc) is 2.18. The molecule has 0 heterocycles. The quantitative estimate of drug-likeness (QED) is 0.724. The number of methoxy groups -OCH3 is 1. The van der Waals surface area contributed by atoms with E-state index in [4.69, 9.17) is 10.5 Å². The van der Waals surface area contributed by atoms with E-state index in [1.807, 2.05) is 24.3 Å². The van der Waals surface area contributed by atoms with E-state index < -0.39 is 0 Å². The molecule has 0 aromatic heterocycles. The Morgan fingerprint density at radius 2 is 2.36 bits per heavy atom. The lowest BCUT2D eigenvalue weighted by molar-refractivity contribution is 0.414. The van der Waals surface area contributed by atoms with E-state index in [-0.39, 0.29) is 6.04 Å². The predicted octanol–water partition coefficient (Wildman–Crippen LogP) is 2.14. The molecular formula is C12H17NO. The smallest absolute Gasteiger partial charge is 0.119 e. The fourth-order valence-electron chi connectivity index (χ4n) is 1.40. The third kappa shape index (κ3) is 3.23. The highest BCUT2D eigenvalue weighted by Crippen LogP contribution is 2.14. The molecule has 2 N–H and O–H groups in total. The van der Waals surface area contributed by atoms with Gasteiger partial charge in [0.2, 0.25) is 0 Å². The molecule has 0 aliphatic heterocycles. The molecule has 2 heteroatoms. The Morgan fingerprint density at radius 3 is 3.00 bits per heavy atom. The molecule has 0 aliphatic carbocycles. The van der Waals surface area contributed by atoms with E-state index in [1.165, 1.54) is 5.56 Å². The van der Waals surface area contributed by atoms with Crippen LogP contribution in [0.3, 0.4) is 0 Å². The zero-order chi connectivity index (χ0) is 10.4. The van der Waals surface area contributed by atoms with Crippen LogP contribution in [0.2, 0.25) is 0 Å². The van der Waals surface area contributed by atoms with Crippen molar-refractivity contribution in [1.82, 2.24) is 0 Å². The van der Waals surface area contributed by atoms with Crippen molar-refractivity contribution in [3.8, 4) is 5.75 Å². The average molecular weight is 191 g/mol. The van der Waals surface area contributed by atoms with Gasteiger partial charge in [-0.3, -0.25) is 0 Å². The third-order valence-corrected chi connectivity index (χ3v) is 2.10. The van der Waals surface area contributed by atoms with Gasteiger partial charge < -0.3 is 10.5 Å². The second kappa shape index (κ2) is 5.45. The Hall–Kier alpha value is -1.28. The maximum absolute atomic E-state index is 5.90. The SMILES string of the molecule is C=CCC(N)Cc1cccc(OC)c1. The number of benzene rings is 1. The van der Waals surface area contributed by atoms with E-state index >= 15 is 0 Å². The second-order valence-corrected chi connectivity index (χ2v) is 3.34.